The van der Waals surface area contributed by atoms with Crippen LogP contribution in [0.25, 0.3) is 11.1 Å². The molecule has 1 aliphatic heterocycles. The molecule has 204 valence electrons. The van der Waals surface area contributed by atoms with Gasteiger partial charge < -0.3 is 19.1 Å². The summed E-state index contributed by atoms with van der Waals surface area (Å²) in [5.41, 5.74) is 4.30. The van der Waals surface area contributed by atoms with Gasteiger partial charge in [0.05, 0.1) is 14.2 Å². The zero-order chi connectivity index (χ0) is 27.9. The van der Waals surface area contributed by atoms with Gasteiger partial charge in [-0.25, -0.2) is 4.79 Å². The van der Waals surface area contributed by atoms with E-state index in [1.807, 2.05) is 54.6 Å². The number of nitrogens with zero attached hydrogens (tertiary/aromatic N) is 2. The molecule has 0 N–H and O–H groups in total. The molecule has 0 radical (unpaired) electrons. The van der Waals surface area contributed by atoms with Crippen LogP contribution in [0.2, 0.25) is 0 Å². The van der Waals surface area contributed by atoms with Gasteiger partial charge in [0.15, 0.2) is 0 Å². The molecular formula is C33H32N2O5. The van der Waals surface area contributed by atoms with E-state index in [4.69, 9.17) is 14.2 Å². The number of imide groups is 1. The molecule has 0 aromatic heterocycles. The summed E-state index contributed by atoms with van der Waals surface area (Å²) in [6.07, 6.45) is 0.918. The van der Waals surface area contributed by atoms with Gasteiger partial charge in [0, 0.05) is 44.3 Å². The molecular weight excluding hydrogens is 504 g/mol. The minimum absolute atomic E-state index is 0.127. The number of hydrogen-bond acceptors (Lipinski definition) is 5. The predicted octanol–water partition coefficient (Wildman–Crippen LogP) is 6.56. The van der Waals surface area contributed by atoms with E-state index >= 15 is 0 Å². The average molecular weight is 537 g/mol. The lowest BCUT2D eigenvalue weighted by Gasteiger charge is -2.34. The monoisotopic (exact) mass is 536 g/mol. The first-order valence-corrected chi connectivity index (χ1v) is 13.3. The van der Waals surface area contributed by atoms with Crippen LogP contribution in [0, 0.1) is 0 Å². The lowest BCUT2D eigenvalue weighted by Crippen LogP contribution is -2.52. The molecule has 0 spiro atoms. The van der Waals surface area contributed by atoms with E-state index < -0.39 is 0 Å². The highest BCUT2D eigenvalue weighted by molar-refractivity contribution is 5.96. The van der Waals surface area contributed by atoms with Crippen molar-refractivity contribution in [1.82, 2.24) is 9.80 Å². The molecule has 0 atom stereocenters. The van der Waals surface area contributed by atoms with Gasteiger partial charge >= 0.3 is 6.03 Å². The molecule has 0 unspecified atom stereocenters. The highest BCUT2D eigenvalue weighted by Crippen LogP contribution is 2.31. The van der Waals surface area contributed by atoms with Crippen molar-refractivity contribution in [1.29, 1.82) is 0 Å². The summed E-state index contributed by atoms with van der Waals surface area (Å²) < 4.78 is 16.6. The van der Waals surface area contributed by atoms with Gasteiger partial charge in [0.1, 0.15) is 23.0 Å². The lowest BCUT2D eigenvalue weighted by atomic mass is 10.0. The van der Waals surface area contributed by atoms with E-state index in [1.54, 1.807) is 37.3 Å². The number of ether oxygens (including phenoxy) is 3. The third-order valence-corrected chi connectivity index (χ3v) is 6.91. The second kappa shape index (κ2) is 12.4. The van der Waals surface area contributed by atoms with Gasteiger partial charge in [0.2, 0.25) is 5.91 Å². The summed E-state index contributed by atoms with van der Waals surface area (Å²) >= 11 is 0. The molecule has 4 aromatic carbocycles. The fourth-order valence-corrected chi connectivity index (χ4v) is 4.74. The van der Waals surface area contributed by atoms with Gasteiger partial charge in [-0.05, 0) is 40.8 Å². The number of carbonyl (C=O) groups is 2. The van der Waals surface area contributed by atoms with Crippen molar-refractivity contribution < 1.29 is 23.8 Å². The third kappa shape index (κ3) is 6.43. The van der Waals surface area contributed by atoms with Crippen LogP contribution in [0.15, 0.2) is 97.1 Å². The molecule has 1 fully saturated rings. The minimum Gasteiger partial charge on any atom is -0.496 e. The Hall–Kier alpha value is -4.78. The molecule has 1 saturated heterocycles. The van der Waals surface area contributed by atoms with Crippen LogP contribution in [-0.2, 0) is 17.8 Å². The first-order chi connectivity index (χ1) is 19.5. The zero-order valence-corrected chi connectivity index (χ0v) is 22.7. The largest absolute Gasteiger partial charge is 0.496 e. The maximum atomic E-state index is 13.3. The number of amides is 3. The van der Waals surface area contributed by atoms with E-state index in [0.717, 1.165) is 22.3 Å². The molecule has 1 aliphatic rings. The van der Waals surface area contributed by atoms with E-state index in [-0.39, 0.29) is 11.9 Å². The van der Waals surface area contributed by atoms with Crippen LogP contribution in [0.3, 0.4) is 0 Å². The fourth-order valence-electron chi connectivity index (χ4n) is 4.74. The second-order valence-corrected chi connectivity index (χ2v) is 9.61. The Kier molecular flexibility index (Phi) is 8.30. The van der Waals surface area contributed by atoms with Gasteiger partial charge in [-0.15, -0.1) is 0 Å². The van der Waals surface area contributed by atoms with Crippen LogP contribution >= 0.6 is 0 Å². The fraction of sp³-hybridized carbons (Fsp3) is 0.212. The molecule has 7 heteroatoms. The maximum Gasteiger partial charge on any atom is 0.327 e. The highest BCUT2D eigenvalue weighted by atomic mass is 16.5. The van der Waals surface area contributed by atoms with Crippen molar-refractivity contribution in [2.45, 2.75) is 19.4 Å². The summed E-state index contributed by atoms with van der Waals surface area (Å²) in [5.74, 6) is 2.39. The number of benzene rings is 4. The van der Waals surface area contributed by atoms with Crippen molar-refractivity contribution in [2.75, 3.05) is 27.3 Å². The van der Waals surface area contributed by atoms with Crippen molar-refractivity contribution >= 4 is 11.9 Å². The molecule has 0 bridgehead atoms. The topological polar surface area (TPSA) is 68.3 Å². The lowest BCUT2D eigenvalue weighted by molar-refractivity contribution is -0.131. The summed E-state index contributed by atoms with van der Waals surface area (Å²) in [5, 5.41) is 0. The SMILES string of the molecule is COc1cc(OC)cc(Oc2ccc(CN3CCC(=O)N(CCc4cccc(-c5ccccc5)c4)C3=O)cc2)c1. The number of urea groups is 1. The smallest absolute Gasteiger partial charge is 0.327 e. The minimum atomic E-state index is -0.251. The van der Waals surface area contributed by atoms with Gasteiger partial charge in [-0.3, -0.25) is 9.69 Å². The highest BCUT2D eigenvalue weighted by Gasteiger charge is 2.31. The Bertz CT molecular complexity index is 1450. The Morgan fingerprint density at radius 1 is 0.675 bits per heavy atom. The standard InChI is InChI=1S/C33H32N2O5/c1-38-29-20-30(39-2)22-31(21-29)40-28-13-11-25(12-14-28)23-34-17-16-32(36)35(33(34)37)18-15-24-7-6-10-27(19-24)26-8-4-3-5-9-26/h3-14,19-22H,15-18,23H2,1-2H3. The molecule has 3 amide bonds. The number of hydrogen-bond donors (Lipinski definition) is 0. The van der Waals surface area contributed by atoms with Crippen LogP contribution in [-0.4, -0.2) is 49.0 Å². The molecule has 7 nitrogen and oxygen atoms in total. The van der Waals surface area contributed by atoms with Crippen molar-refractivity contribution in [3.63, 3.8) is 0 Å². The Balaban J connectivity index is 1.20. The second-order valence-electron chi connectivity index (χ2n) is 9.61. The first-order valence-electron chi connectivity index (χ1n) is 13.3. The average Bonchev–Trinajstić information content (AvgIpc) is 3.00. The summed E-state index contributed by atoms with van der Waals surface area (Å²) in [6.45, 7) is 1.17. The van der Waals surface area contributed by atoms with Crippen LogP contribution in [0.4, 0.5) is 4.79 Å². The number of carbonyl (C=O) groups excluding carboxylic acids is 2. The van der Waals surface area contributed by atoms with Crippen molar-refractivity contribution in [2.24, 2.45) is 0 Å². The van der Waals surface area contributed by atoms with Gasteiger partial charge in [-0.1, -0.05) is 66.7 Å². The van der Waals surface area contributed by atoms with Gasteiger partial charge in [-0.2, -0.15) is 0 Å². The Labute approximate surface area is 234 Å². The first kappa shape index (κ1) is 26.8. The van der Waals surface area contributed by atoms with Crippen LogP contribution < -0.4 is 14.2 Å². The zero-order valence-electron chi connectivity index (χ0n) is 22.7. The quantitative estimate of drug-likeness (QED) is 0.230. The van der Waals surface area contributed by atoms with Crippen molar-refractivity contribution in [3.8, 4) is 34.1 Å². The number of methoxy groups -OCH3 is 2. The van der Waals surface area contributed by atoms with E-state index in [0.29, 0.717) is 55.5 Å². The Morgan fingerprint density at radius 2 is 1.35 bits per heavy atom. The summed E-state index contributed by atoms with van der Waals surface area (Å²) in [4.78, 5) is 29.0. The van der Waals surface area contributed by atoms with E-state index in [2.05, 4.69) is 24.3 Å². The van der Waals surface area contributed by atoms with Crippen LogP contribution in [0.5, 0.6) is 23.0 Å². The summed E-state index contributed by atoms with van der Waals surface area (Å²) in [6, 6.07) is 31.1. The van der Waals surface area contributed by atoms with Gasteiger partial charge in [0.25, 0.3) is 0 Å². The number of rotatable bonds is 10. The molecule has 4 aromatic rings. The normalized spacial score (nSPS) is 13.3. The van der Waals surface area contributed by atoms with Crippen LogP contribution in [0.1, 0.15) is 17.5 Å². The van der Waals surface area contributed by atoms with E-state index in [1.165, 1.54) is 4.90 Å². The molecule has 40 heavy (non-hydrogen) atoms. The third-order valence-electron chi connectivity index (χ3n) is 6.91. The summed E-state index contributed by atoms with van der Waals surface area (Å²) in [7, 11) is 3.18. The molecule has 5 rings (SSSR count). The molecule has 0 saturated carbocycles. The van der Waals surface area contributed by atoms with E-state index in [9.17, 15) is 9.59 Å². The maximum absolute atomic E-state index is 13.3. The Morgan fingerprint density at radius 3 is 2.05 bits per heavy atom. The predicted molar refractivity (Wildman–Crippen MR) is 154 cm³/mol. The molecule has 0 aliphatic carbocycles. The molecule has 1 heterocycles. The van der Waals surface area contributed by atoms with Crippen molar-refractivity contribution in [3.05, 3.63) is 108 Å².